The molecule has 8 N–H and O–H groups in total. The number of carbonyl (C=O) groups is 5. The first-order valence-electron chi connectivity index (χ1n) is 8.18. The monoisotopic (exact) mass is 373 g/mol. The van der Waals surface area contributed by atoms with Gasteiger partial charge in [0.2, 0.25) is 23.6 Å². The quantitative estimate of drug-likeness (QED) is 0.216. The maximum Gasteiger partial charge on any atom is 0.326 e. The van der Waals surface area contributed by atoms with E-state index >= 15 is 0 Å². The second kappa shape index (κ2) is 11.8. The van der Waals surface area contributed by atoms with Crippen LogP contribution in [0.5, 0.6) is 0 Å². The summed E-state index contributed by atoms with van der Waals surface area (Å²) < 4.78 is 0. The van der Waals surface area contributed by atoms with E-state index in [1.165, 1.54) is 0 Å². The Morgan fingerprint density at radius 3 is 2.12 bits per heavy atom. The van der Waals surface area contributed by atoms with E-state index in [1.807, 2.05) is 13.8 Å². The van der Waals surface area contributed by atoms with Gasteiger partial charge in [0.15, 0.2) is 0 Å². The van der Waals surface area contributed by atoms with E-state index in [2.05, 4.69) is 16.0 Å². The molecular weight excluding hydrogens is 346 g/mol. The van der Waals surface area contributed by atoms with Crippen LogP contribution in [0.1, 0.15) is 33.1 Å². The normalized spacial score (nSPS) is 13.8. The van der Waals surface area contributed by atoms with E-state index in [9.17, 15) is 24.0 Å². The zero-order chi connectivity index (χ0) is 20.3. The fourth-order valence-electron chi connectivity index (χ4n) is 1.83. The smallest absolute Gasteiger partial charge is 0.326 e. The number of amides is 4. The number of carbonyl (C=O) groups excluding carboxylic acids is 4. The highest BCUT2D eigenvalue weighted by Gasteiger charge is 2.21. The molecule has 0 spiro atoms. The van der Waals surface area contributed by atoms with Crippen LogP contribution in [0.3, 0.4) is 0 Å². The molecule has 11 heteroatoms. The number of nitrogens with two attached hydrogens (primary N) is 2. The number of rotatable bonds is 12. The Morgan fingerprint density at radius 1 is 1.04 bits per heavy atom. The van der Waals surface area contributed by atoms with Crippen molar-refractivity contribution in [3.05, 3.63) is 0 Å². The lowest BCUT2D eigenvalue weighted by Crippen LogP contribution is -2.49. The first-order chi connectivity index (χ1) is 12.1. The average Bonchev–Trinajstić information content (AvgIpc) is 2.59. The minimum Gasteiger partial charge on any atom is -0.480 e. The van der Waals surface area contributed by atoms with Gasteiger partial charge < -0.3 is 32.5 Å². The summed E-state index contributed by atoms with van der Waals surface area (Å²) >= 11 is 0. The molecule has 3 unspecified atom stereocenters. The number of carboxylic acid groups (broad SMARTS) is 1. The highest BCUT2D eigenvalue weighted by atomic mass is 16.4. The van der Waals surface area contributed by atoms with Crippen molar-refractivity contribution in [2.45, 2.75) is 45.2 Å². The summed E-state index contributed by atoms with van der Waals surface area (Å²) in [6.07, 6.45) is 0.349. The van der Waals surface area contributed by atoms with Crippen LogP contribution in [0.4, 0.5) is 0 Å². The molecule has 4 amide bonds. The van der Waals surface area contributed by atoms with Crippen molar-refractivity contribution in [2.24, 2.45) is 17.4 Å². The summed E-state index contributed by atoms with van der Waals surface area (Å²) in [6, 6.07) is -2.03. The molecule has 0 bridgehead atoms. The molecule has 0 saturated carbocycles. The van der Waals surface area contributed by atoms with Gasteiger partial charge in [-0.3, -0.25) is 19.2 Å². The van der Waals surface area contributed by atoms with E-state index in [1.54, 1.807) is 0 Å². The summed E-state index contributed by atoms with van der Waals surface area (Å²) in [5.41, 5.74) is 10.6. The van der Waals surface area contributed by atoms with Crippen LogP contribution in [-0.4, -0.2) is 59.9 Å². The molecular formula is C15H27N5O6. The SMILES string of the molecule is CCC(C)C(N)C(=O)NCC(=O)NCC(=O)NC(CCC(N)=O)C(=O)O. The van der Waals surface area contributed by atoms with Crippen molar-refractivity contribution in [1.29, 1.82) is 0 Å². The first kappa shape index (κ1) is 23.3. The molecule has 148 valence electrons. The Bertz CT molecular complexity index is 539. The van der Waals surface area contributed by atoms with Crippen LogP contribution in [0.2, 0.25) is 0 Å². The zero-order valence-electron chi connectivity index (χ0n) is 14.9. The third-order valence-corrected chi connectivity index (χ3v) is 3.74. The molecule has 0 radical (unpaired) electrons. The van der Waals surface area contributed by atoms with E-state index in [-0.39, 0.29) is 25.3 Å². The van der Waals surface area contributed by atoms with Crippen molar-refractivity contribution >= 4 is 29.6 Å². The maximum atomic E-state index is 11.7. The van der Waals surface area contributed by atoms with E-state index in [0.29, 0.717) is 6.42 Å². The lowest BCUT2D eigenvalue weighted by molar-refractivity contribution is -0.142. The van der Waals surface area contributed by atoms with Gasteiger partial charge in [0.25, 0.3) is 0 Å². The fraction of sp³-hybridized carbons (Fsp3) is 0.667. The van der Waals surface area contributed by atoms with E-state index in [4.69, 9.17) is 16.6 Å². The second-order valence-corrected chi connectivity index (χ2v) is 5.87. The first-order valence-corrected chi connectivity index (χ1v) is 8.18. The third-order valence-electron chi connectivity index (χ3n) is 3.74. The van der Waals surface area contributed by atoms with Gasteiger partial charge in [-0.25, -0.2) is 4.79 Å². The highest BCUT2D eigenvalue weighted by molar-refractivity contribution is 5.90. The van der Waals surface area contributed by atoms with Crippen molar-refractivity contribution < 1.29 is 29.1 Å². The summed E-state index contributed by atoms with van der Waals surface area (Å²) in [4.78, 5) is 56.7. The molecule has 26 heavy (non-hydrogen) atoms. The molecule has 0 fully saturated rings. The summed E-state index contributed by atoms with van der Waals surface area (Å²) in [5, 5.41) is 15.7. The molecule has 0 rings (SSSR count). The molecule has 0 heterocycles. The van der Waals surface area contributed by atoms with Gasteiger partial charge in [-0.1, -0.05) is 20.3 Å². The minimum absolute atomic E-state index is 0.0443. The highest BCUT2D eigenvalue weighted by Crippen LogP contribution is 2.04. The lowest BCUT2D eigenvalue weighted by atomic mass is 9.99. The standard InChI is InChI=1S/C15H27N5O6/c1-3-8(2)13(17)14(24)19-6-11(22)18-7-12(23)20-9(15(25)26)4-5-10(16)21/h8-9,13H,3-7,17H2,1-2H3,(H2,16,21)(H,18,22)(H,19,24)(H,20,23)(H,25,26). The van der Waals surface area contributed by atoms with Crippen molar-refractivity contribution in [1.82, 2.24) is 16.0 Å². The molecule has 0 aliphatic rings. The Balaban J connectivity index is 4.24. The van der Waals surface area contributed by atoms with Gasteiger partial charge in [-0.2, -0.15) is 0 Å². The molecule has 0 aromatic heterocycles. The van der Waals surface area contributed by atoms with Crippen LogP contribution in [-0.2, 0) is 24.0 Å². The van der Waals surface area contributed by atoms with Crippen LogP contribution in [0, 0.1) is 5.92 Å². The predicted molar refractivity (Wildman–Crippen MR) is 91.4 cm³/mol. The number of hydrogen-bond acceptors (Lipinski definition) is 6. The molecule has 0 aromatic rings. The van der Waals surface area contributed by atoms with Gasteiger partial charge in [0.05, 0.1) is 19.1 Å². The van der Waals surface area contributed by atoms with Gasteiger partial charge >= 0.3 is 5.97 Å². The van der Waals surface area contributed by atoms with Gasteiger partial charge in [0.1, 0.15) is 6.04 Å². The fourth-order valence-corrected chi connectivity index (χ4v) is 1.83. The topological polar surface area (TPSA) is 194 Å². The van der Waals surface area contributed by atoms with Gasteiger partial charge in [-0.05, 0) is 12.3 Å². The van der Waals surface area contributed by atoms with Gasteiger partial charge in [0, 0.05) is 6.42 Å². The minimum atomic E-state index is -1.32. The molecule has 3 atom stereocenters. The molecule has 11 nitrogen and oxygen atoms in total. The predicted octanol–water partition coefficient (Wildman–Crippen LogP) is -2.57. The molecule has 0 aliphatic carbocycles. The van der Waals surface area contributed by atoms with Crippen LogP contribution >= 0.6 is 0 Å². The number of nitrogens with one attached hydrogen (secondary N) is 3. The average molecular weight is 373 g/mol. The molecule has 0 aromatic carbocycles. The van der Waals surface area contributed by atoms with E-state index in [0.717, 1.165) is 0 Å². The summed E-state index contributed by atoms with van der Waals surface area (Å²) in [6.45, 7) is 2.86. The number of carboxylic acids is 1. The molecule has 0 aliphatic heterocycles. The van der Waals surface area contributed by atoms with Crippen molar-refractivity contribution in [3.8, 4) is 0 Å². The number of hydrogen-bond donors (Lipinski definition) is 6. The summed E-state index contributed by atoms with van der Waals surface area (Å²) in [5.74, 6) is -3.91. The van der Waals surface area contributed by atoms with Crippen LogP contribution < -0.4 is 27.4 Å². The van der Waals surface area contributed by atoms with Crippen LogP contribution in [0.15, 0.2) is 0 Å². The Labute approximate surface area is 151 Å². The summed E-state index contributed by atoms with van der Waals surface area (Å²) in [7, 11) is 0. The van der Waals surface area contributed by atoms with E-state index < -0.39 is 48.2 Å². The third kappa shape index (κ3) is 9.57. The van der Waals surface area contributed by atoms with Crippen molar-refractivity contribution in [3.63, 3.8) is 0 Å². The van der Waals surface area contributed by atoms with Crippen molar-refractivity contribution in [2.75, 3.05) is 13.1 Å². The Kier molecular flexibility index (Phi) is 10.6. The maximum absolute atomic E-state index is 11.7. The molecule has 0 saturated heterocycles. The lowest BCUT2D eigenvalue weighted by Gasteiger charge is -2.17. The van der Waals surface area contributed by atoms with Gasteiger partial charge in [-0.15, -0.1) is 0 Å². The Morgan fingerprint density at radius 2 is 1.62 bits per heavy atom. The van der Waals surface area contributed by atoms with Crippen LogP contribution in [0.25, 0.3) is 0 Å². The largest absolute Gasteiger partial charge is 0.480 e. The number of aliphatic carboxylic acids is 1. The second-order valence-electron chi connectivity index (χ2n) is 5.87. The number of primary amides is 1. The zero-order valence-corrected chi connectivity index (χ0v) is 14.9. The Hall–Kier alpha value is -2.69.